The molecule has 1 saturated carbocycles. The third-order valence-electron chi connectivity index (χ3n) is 3.70. The monoisotopic (exact) mass is 252 g/mol. The SMILES string of the molecule is C=C(CC1(CC(=C)C(=O)O)CCCCC1)C(=O)O. The lowest BCUT2D eigenvalue weighted by Crippen LogP contribution is -2.28. The third kappa shape index (κ3) is 3.72. The van der Waals surface area contributed by atoms with Crippen molar-refractivity contribution in [3.05, 3.63) is 24.3 Å². The molecule has 0 bridgehead atoms. The second-order valence-electron chi connectivity index (χ2n) is 5.23. The van der Waals surface area contributed by atoms with Crippen molar-refractivity contribution >= 4 is 11.9 Å². The van der Waals surface area contributed by atoms with Gasteiger partial charge in [-0.05, 0) is 31.1 Å². The smallest absolute Gasteiger partial charge is 0.330 e. The first-order valence-corrected chi connectivity index (χ1v) is 6.18. The van der Waals surface area contributed by atoms with E-state index >= 15 is 0 Å². The molecule has 1 rings (SSSR count). The zero-order valence-electron chi connectivity index (χ0n) is 10.6. The Hall–Kier alpha value is -1.58. The third-order valence-corrected chi connectivity index (χ3v) is 3.70. The van der Waals surface area contributed by atoms with Gasteiger partial charge in [-0.15, -0.1) is 0 Å². The predicted octanol–water partition coefficient (Wildman–Crippen LogP) is 3.00. The van der Waals surface area contributed by atoms with E-state index in [1.54, 1.807) is 0 Å². The van der Waals surface area contributed by atoms with Crippen molar-refractivity contribution in [3.8, 4) is 0 Å². The van der Waals surface area contributed by atoms with E-state index in [1.165, 1.54) is 0 Å². The summed E-state index contributed by atoms with van der Waals surface area (Å²) in [6.07, 6.45) is 5.57. The molecule has 1 aliphatic carbocycles. The molecule has 0 spiro atoms. The number of aliphatic carboxylic acids is 2. The van der Waals surface area contributed by atoms with Crippen molar-refractivity contribution < 1.29 is 19.8 Å². The largest absolute Gasteiger partial charge is 0.478 e. The van der Waals surface area contributed by atoms with Crippen LogP contribution in [0.3, 0.4) is 0 Å². The van der Waals surface area contributed by atoms with Gasteiger partial charge < -0.3 is 10.2 Å². The average Bonchev–Trinajstić information content (AvgIpc) is 2.29. The van der Waals surface area contributed by atoms with Crippen LogP contribution < -0.4 is 0 Å². The standard InChI is InChI=1S/C14H20O4/c1-10(12(15)16)8-14(6-4-3-5-7-14)9-11(2)13(17)18/h1-9H2,(H,15,16)(H,17,18). The summed E-state index contributed by atoms with van der Waals surface area (Å²) >= 11 is 0. The minimum Gasteiger partial charge on any atom is -0.478 e. The molecule has 0 saturated heterocycles. The van der Waals surface area contributed by atoms with E-state index in [4.69, 9.17) is 10.2 Å². The van der Waals surface area contributed by atoms with E-state index in [9.17, 15) is 9.59 Å². The first-order chi connectivity index (χ1) is 8.36. The number of rotatable bonds is 6. The fourth-order valence-corrected chi connectivity index (χ4v) is 2.77. The van der Waals surface area contributed by atoms with Gasteiger partial charge in [-0.2, -0.15) is 0 Å². The van der Waals surface area contributed by atoms with E-state index in [2.05, 4.69) is 13.2 Å². The fraction of sp³-hybridized carbons (Fsp3) is 0.571. The van der Waals surface area contributed by atoms with Crippen molar-refractivity contribution in [2.75, 3.05) is 0 Å². The molecule has 0 aliphatic heterocycles. The Bertz CT molecular complexity index is 345. The molecule has 0 radical (unpaired) electrons. The maximum atomic E-state index is 10.9. The Morgan fingerprint density at radius 3 is 1.61 bits per heavy atom. The highest BCUT2D eigenvalue weighted by atomic mass is 16.4. The molecular weight excluding hydrogens is 232 g/mol. The van der Waals surface area contributed by atoms with Gasteiger partial charge in [0, 0.05) is 11.1 Å². The number of hydrogen-bond acceptors (Lipinski definition) is 2. The first-order valence-electron chi connectivity index (χ1n) is 6.18. The van der Waals surface area contributed by atoms with Gasteiger partial charge in [0.1, 0.15) is 0 Å². The molecule has 0 amide bonds. The lowest BCUT2D eigenvalue weighted by molar-refractivity contribution is -0.133. The molecule has 0 aromatic rings. The van der Waals surface area contributed by atoms with Crippen molar-refractivity contribution in [1.29, 1.82) is 0 Å². The normalized spacial score (nSPS) is 18.0. The van der Waals surface area contributed by atoms with E-state index in [1.807, 2.05) is 0 Å². The van der Waals surface area contributed by atoms with Gasteiger partial charge in [0.25, 0.3) is 0 Å². The van der Waals surface area contributed by atoms with Crippen LogP contribution in [0.15, 0.2) is 24.3 Å². The van der Waals surface area contributed by atoms with Gasteiger partial charge in [0.2, 0.25) is 0 Å². The minimum atomic E-state index is -0.999. The molecule has 100 valence electrons. The van der Waals surface area contributed by atoms with Gasteiger partial charge >= 0.3 is 11.9 Å². The minimum absolute atomic E-state index is 0.162. The highest BCUT2D eigenvalue weighted by molar-refractivity contribution is 5.87. The molecule has 0 atom stereocenters. The summed E-state index contributed by atoms with van der Waals surface area (Å²) in [6, 6.07) is 0. The maximum Gasteiger partial charge on any atom is 0.330 e. The van der Waals surface area contributed by atoms with E-state index in [0.717, 1.165) is 32.1 Å². The molecule has 1 fully saturated rings. The van der Waals surface area contributed by atoms with Crippen molar-refractivity contribution in [2.45, 2.75) is 44.9 Å². The van der Waals surface area contributed by atoms with E-state index < -0.39 is 11.9 Å². The summed E-state index contributed by atoms with van der Waals surface area (Å²) in [5.74, 6) is -2.00. The average molecular weight is 252 g/mol. The van der Waals surface area contributed by atoms with Crippen LogP contribution in [-0.2, 0) is 9.59 Å². The second kappa shape index (κ2) is 5.85. The van der Waals surface area contributed by atoms with Crippen molar-refractivity contribution in [2.24, 2.45) is 5.41 Å². The van der Waals surface area contributed by atoms with Crippen LogP contribution >= 0.6 is 0 Å². The van der Waals surface area contributed by atoms with Crippen LogP contribution in [0.2, 0.25) is 0 Å². The Kier molecular flexibility index (Phi) is 4.70. The van der Waals surface area contributed by atoms with Crippen LogP contribution in [0.1, 0.15) is 44.9 Å². The number of hydrogen-bond donors (Lipinski definition) is 2. The van der Waals surface area contributed by atoms with Crippen LogP contribution in [0.25, 0.3) is 0 Å². The van der Waals surface area contributed by atoms with E-state index in [0.29, 0.717) is 12.8 Å². The number of carboxylic acid groups (broad SMARTS) is 2. The van der Waals surface area contributed by atoms with Gasteiger partial charge in [-0.1, -0.05) is 32.4 Å². The lowest BCUT2D eigenvalue weighted by atomic mass is 9.67. The zero-order valence-corrected chi connectivity index (χ0v) is 10.6. The lowest BCUT2D eigenvalue weighted by Gasteiger charge is -2.37. The summed E-state index contributed by atoms with van der Waals surface area (Å²) in [6.45, 7) is 7.14. The maximum absolute atomic E-state index is 10.9. The van der Waals surface area contributed by atoms with Gasteiger partial charge in [-0.25, -0.2) is 9.59 Å². The van der Waals surface area contributed by atoms with Gasteiger partial charge in [0.15, 0.2) is 0 Å². The van der Waals surface area contributed by atoms with Gasteiger partial charge in [-0.3, -0.25) is 0 Å². The van der Waals surface area contributed by atoms with Crippen LogP contribution in [0, 0.1) is 5.41 Å². The van der Waals surface area contributed by atoms with Gasteiger partial charge in [0.05, 0.1) is 0 Å². The first kappa shape index (κ1) is 14.5. The van der Waals surface area contributed by atoms with Crippen LogP contribution in [0.4, 0.5) is 0 Å². The molecule has 0 unspecified atom stereocenters. The van der Waals surface area contributed by atoms with Crippen LogP contribution in [-0.4, -0.2) is 22.2 Å². The summed E-state index contributed by atoms with van der Waals surface area (Å²) in [5.41, 5.74) is 0.0496. The molecule has 0 heterocycles. The van der Waals surface area contributed by atoms with E-state index in [-0.39, 0.29) is 16.6 Å². The predicted molar refractivity (Wildman–Crippen MR) is 68.3 cm³/mol. The summed E-state index contributed by atoms with van der Waals surface area (Å²) in [5, 5.41) is 17.9. The number of carbonyl (C=O) groups is 2. The van der Waals surface area contributed by atoms with Crippen LogP contribution in [0.5, 0.6) is 0 Å². The fourth-order valence-electron chi connectivity index (χ4n) is 2.77. The Labute approximate surface area is 107 Å². The number of carboxylic acids is 2. The quantitative estimate of drug-likeness (QED) is 0.712. The topological polar surface area (TPSA) is 74.6 Å². The summed E-state index contributed by atoms with van der Waals surface area (Å²) in [4.78, 5) is 21.8. The Balaban J connectivity index is 2.81. The highest BCUT2D eigenvalue weighted by Crippen LogP contribution is 2.45. The second-order valence-corrected chi connectivity index (χ2v) is 5.23. The van der Waals surface area contributed by atoms with Crippen molar-refractivity contribution in [1.82, 2.24) is 0 Å². The molecule has 18 heavy (non-hydrogen) atoms. The molecule has 0 aromatic carbocycles. The Morgan fingerprint density at radius 2 is 1.28 bits per heavy atom. The molecular formula is C14H20O4. The molecule has 4 nitrogen and oxygen atoms in total. The molecule has 2 N–H and O–H groups in total. The zero-order chi connectivity index (χ0) is 13.8. The molecule has 4 heteroatoms. The highest BCUT2D eigenvalue weighted by Gasteiger charge is 2.35. The summed E-state index contributed by atoms with van der Waals surface area (Å²) in [7, 11) is 0. The van der Waals surface area contributed by atoms with Crippen molar-refractivity contribution in [3.63, 3.8) is 0 Å². The summed E-state index contributed by atoms with van der Waals surface area (Å²) < 4.78 is 0. The Morgan fingerprint density at radius 1 is 0.889 bits per heavy atom. The molecule has 0 aromatic heterocycles. The molecule has 1 aliphatic rings.